The normalized spacial score (nSPS) is 14.9. The van der Waals surface area contributed by atoms with Crippen LogP contribution in [0.2, 0.25) is 0 Å². The van der Waals surface area contributed by atoms with Gasteiger partial charge in [-0.05, 0) is 18.9 Å². The predicted octanol–water partition coefficient (Wildman–Crippen LogP) is 4.97. The van der Waals surface area contributed by atoms with E-state index in [1.165, 1.54) is 69.9 Å². The Morgan fingerprint density at radius 3 is 1.76 bits per heavy atom. The molecule has 0 radical (unpaired) electrons. The van der Waals surface area contributed by atoms with Crippen LogP contribution in [0.5, 0.6) is 0 Å². The number of hydrogen-bond donors (Lipinski definition) is 3. The molecule has 0 amide bonds. The zero-order valence-electron chi connectivity index (χ0n) is 18.0. The summed E-state index contributed by atoms with van der Waals surface area (Å²) in [4.78, 5) is 11.4. The van der Waals surface area contributed by atoms with Gasteiger partial charge in [0.1, 0.15) is 12.2 Å². The molecule has 0 aliphatic rings. The molecule has 164 valence electrons. The van der Waals surface area contributed by atoms with E-state index in [0.29, 0.717) is 0 Å². The number of hydrogen-bond acceptors (Lipinski definition) is 4. The molecule has 0 bridgehead atoms. The van der Waals surface area contributed by atoms with Crippen molar-refractivity contribution in [3.63, 3.8) is 0 Å². The smallest absolute Gasteiger partial charge is 0.186 e. The second-order valence-electron chi connectivity index (χ2n) is 7.16. The molecular formula is C25H40O4. The first kappa shape index (κ1) is 27.2. The highest BCUT2D eigenvalue weighted by atomic mass is 16.4. The fourth-order valence-electron chi connectivity index (χ4n) is 2.67. The molecule has 2 unspecified atom stereocenters. The number of rotatable bonds is 18. The third-order valence-electron chi connectivity index (χ3n) is 4.49. The number of aliphatic hydroxyl groups is 3. The quantitative estimate of drug-likeness (QED) is 0.171. The molecule has 4 nitrogen and oxygen atoms in total. The van der Waals surface area contributed by atoms with Crippen LogP contribution in [0.25, 0.3) is 0 Å². The Morgan fingerprint density at radius 1 is 0.724 bits per heavy atom. The summed E-state index contributed by atoms with van der Waals surface area (Å²) in [5, 5.41) is 27.2. The molecule has 29 heavy (non-hydrogen) atoms. The van der Waals surface area contributed by atoms with E-state index < -0.39 is 24.6 Å². The molecule has 3 N–H and O–H groups in total. The second-order valence-corrected chi connectivity index (χ2v) is 7.16. The van der Waals surface area contributed by atoms with Crippen molar-refractivity contribution in [3.8, 4) is 0 Å². The Hall–Kier alpha value is -1.75. The largest absolute Gasteiger partial charge is 0.394 e. The first-order valence-electron chi connectivity index (χ1n) is 11.0. The summed E-state index contributed by atoms with van der Waals surface area (Å²) in [6.07, 6.45) is 28.2. The van der Waals surface area contributed by atoms with E-state index in [1.54, 1.807) is 12.2 Å². The molecule has 0 aromatic heterocycles. The molecule has 4 heteroatoms. The topological polar surface area (TPSA) is 77.8 Å². The van der Waals surface area contributed by atoms with Crippen molar-refractivity contribution in [3.05, 3.63) is 60.8 Å². The number of ketones is 1. The van der Waals surface area contributed by atoms with Crippen LogP contribution in [-0.4, -0.2) is 39.9 Å². The lowest BCUT2D eigenvalue weighted by Gasteiger charge is -2.11. The lowest BCUT2D eigenvalue weighted by atomic mass is 10.1. The highest BCUT2D eigenvalue weighted by Crippen LogP contribution is 2.10. The maximum Gasteiger partial charge on any atom is 0.186 e. The fourth-order valence-corrected chi connectivity index (χ4v) is 2.67. The molecular weight excluding hydrogens is 364 g/mol. The Morgan fingerprint density at radius 2 is 1.21 bits per heavy atom. The SMILES string of the molecule is CCCCCCCCCCCC=CC=CC=CC=CC=CC(=O)C(O)C(O)CO. The molecule has 0 aromatic rings. The highest BCUT2D eigenvalue weighted by molar-refractivity contribution is 5.94. The van der Waals surface area contributed by atoms with Gasteiger partial charge in [-0.2, -0.15) is 0 Å². The summed E-state index contributed by atoms with van der Waals surface area (Å²) < 4.78 is 0. The number of aliphatic hydroxyl groups excluding tert-OH is 3. The van der Waals surface area contributed by atoms with Crippen LogP contribution in [0.15, 0.2) is 60.8 Å². The standard InChI is InChI=1S/C25H40O4/c1-2-3-4-5-6-7-8-9-10-11-12-13-14-15-16-17-18-19-20-21-23(27)25(29)24(28)22-26/h12-21,24-26,28-29H,2-11,22H2,1H3. The number of unbranched alkanes of at least 4 members (excludes halogenated alkanes) is 9. The van der Waals surface area contributed by atoms with Gasteiger partial charge in [0.15, 0.2) is 5.78 Å². The monoisotopic (exact) mass is 404 g/mol. The molecule has 0 aliphatic heterocycles. The molecule has 0 fully saturated rings. The summed E-state index contributed by atoms with van der Waals surface area (Å²) in [7, 11) is 0. The van der Waals surface area contributed by atoms with Gasteiger partial charge in [0, 0.05) is 0 Å². The van der Waals surface area contributed by atoms with Crippen LogP contribution in [0.1, 0.15) is 71.1 Å². The molecule has 2 atom stereocenters. The van der Waals surface area contributed by atoms with Gasteiger partial charge in [-0.1, -0.05) is 113 Å². The van der Waals surface area contributed by atoms with E-state index in [-0.39, 0.29) is 0 Å². The van der Waals surface area contributed by atoms with Crippen molar-refractivity contribution in [1.29, 1.82) is 0 Å². The first-order chi connectivity index (χ1) is 14.1. The van der Waals surface area contributed by atoms with Gasteiger partial charge >= 0.3 is 0 Å². The van der Waals surface area contributed by atoms with Crippen LogP contribution in [0.4, 0.5) is 0 Å². The van der Waals surface area contributed by atoms with Crippen molar-refractivity contribution < 1.29 is 20.1 Å². The average molecular weight is 405 g/mol. The third-order valence-corrected chi connectivity index (χ3v) is 4.49. The zero-order chi connectivity index (χ0) is 21.6. The lowest BCUT2D eigenvalue weighted by Crippen LogP contribution is -2.35. The van der Waals surface area contributed by atoms with Gasteiger partial charge in [0.05, 0.1) is 6.61 Å². The highest BCUT2D eigenvalue weighted by Gasteiger charge is 2.20. The van der Waals surface area contributed by atoms with Crippen molar-refractivity contribution in [2.45, 2.75) is 83.3 Å². The number of carbonyl (C=O) groups excluding carboxylic acids is 1. The van der Waals surface area contributed by atoms with Crippen molar-refractivity contribution >= 4 is 5.78 Å². The molecule has 0 saturated carbocycles. The Kier molecular flexibility index (Phi) is 19.7. The van der Waals surface area contributed by atoms with E-state index in [1.807, 2.05) is 24.3 Å². The summed E-state index contributed by atoms with van der Waals surface area (Å²) >= 11 is 0. The Bertz CT molecular complexity index is 529. The minimum atomic E-state index is -1.59. The van der Waals surface area contributed by atoms with Gasteiger partial charge in [0.2, 0.25) is 0 Å². The van der Waals surface area contributed by atoms with Gasteiger partial charge in [0.25, 0.3) is 0 Å². The number of allylic oxidation sites excluding steroid dienone is 9. The lowest BCUT2D eigenvalue weighted by molar-refractivity contribution is -0.129. The van der Waals surface area contributed by atoms with Crippen LogP contribution in [-0.2, 0) is 4.79 Å². The predicted molar refractivity (Wildman–Crippen MR) is 122 cm³/mol. The molecule has 0 aromatic carbocycles. The summed E-state index contributed by atoms with van der Waals surface area (Å²) in [5.41, 5.74) is 0. The van der Waals surface area contributed by atoms with Crippen molar-refractivity contribution in [1.82, 2.24) is 0 Å². The zero-order valence-corrected chi connectivity index (χ0v) is 18.0. The molecule has 0 saturated heterocycles. The van der Waals surface area contributed by atoms with Crippen LogP contribution >= 0.6 is 0 Å². The maximum atomic E-state index is 11.4. The Labute approximate surface area is 177 Å². The van der Waals surface area contributed by atoms with Crippen molar-refractivity contribution in [2.24, 2.45) is 0 Å². The maximum absolute atomic E-state index is 11.4. The summed E-state index contributed by atoms with van der Waals surface area (Å²) in [6.45, 7) is 1.60. The van der Waals surface area contributed by atoms with Gasteiger partial charge in [-0.15, -0.1) is 0 Å². The first-order valence-corrected chi connectivity index (χ1v) is 11.0. The van der Waals surface area contributed by atoms with Crippen molar-refractivity contribution in [2.75, 3.05) is 6.61 Å². The second kappa shape index (κ2) is 21.0. The Balaban J connectivity index is 3.71. The van der Waals surface area contributed by atoms with Gasteiger partial charge in [-0.3, -0.25) is 4.79 Å². The molecule has 0 rings (SSSR count). The van der Waals surface area contributed by atoms with E-state index in [2.05, 4.69) is 19.1 Å². The van der Waals surface area contributed by atoms with Gasteiger partial charge in [-0.25, -0.2) is 0 Å². The minimum Gasteiger partial charge on any atom is -0.394 e. The molecule has 0 aliphatic carbocycles. The van der Waals surface area contributed by atoms with E-state index in [9.17, 15) is 9.90 Å². The van der Waals surface area contributed by atoms with E-state index in [4.69, 9.17) is 10.2 Å². The summed E-state index contributed by atoms with van der Waals surface area (Å²) in [5.74, 6) is -0.641. The number of carbonyl (C=O) groups is 1. The van der Waals surface area contributed by atoms with E-state index >= 15 is 0 Å². The molecule has 0 heterocycles. The van der Waals surface area contributed by atoms with Crippen LogP contribution < -0.4 is 0 Å². The fraction of sp³-hybridized carbons (Fsp3) is 0.560. The van der Waals surface area contributed by atoms with E-state index in [0.717, 1.165) is 6.42 Å². The van der Waals surface area contributed by atoms with Crippen LogP contribution in [0.3, 0.4) is 0 Å². The minimum absolute atomic E-state index is 0.641. The summed E-state index contributed by atoms with van der Waals surface area (Å²) in [6, 6.07) is 0. The average Bonchev–Trinajstić information content (AvgIpc) is 2.74. The van der Waals surface area contributed by atoms with Crippen LogP contribution in [0, 0.1) is 0 Å². The molecule has 0 spiro atoms. The third kappa shape index (κ3) is 18.0. The van der Waals surface area contributed by atoms with Gasteiger partial charge < -0.3 is 15.3 Å².